The first kappa shape index (κ1) is 60.2. The summed E-state index contributed by atoms with van der Waals surface area (Å²) in [5, 5.41) is 7.60. The van der Waals surface area contributed by atoms with E-state index in [-0.39, 0.29) is 0 Å². The van der Waals surface area contributed by atoms with Crippen molar-refractivity contribution in [3.63, 3.8) is 0 Å². The molecule has 11 heteroatoms. The third-order valence-electron chi connectivity index (χ3n) is 13.6. The van der Waals surface area contributed by atoms with Gasteiger partial charge in [0.05, 0.1) is 19.4 Å². The molecule has 0 unspecified atom stereocenters. The van der Waals surface area contributed by atoms with Crippen molar-refractivity contribution in [2.45, 2.75) is 203 Å². The molecule has 6 heterocycles. The molecule has 0 atom stereocenters. The highest BCUT2D eigenvalue weighted by atomic mass is 16.5. The molecule has 66 heavy (non-hydrogen) atoms. The number of hydrogen-bond donors (Lipinski definition) is 0. The van der Waals surface area contributed by atoms with Crippen LogP contribution < -0.4 is 0 Å². The predicted molar refractivity (Wildman–Crippen MR) is 276 cm³/mol. The van der Waals surface area contributed by atoms with E-state index < -0.39 is 0 Å². The number of nitrogens with zero attached hydrogens (tertiary/aromatic N) is 9. The molecule has 2 aliphatic rings. The Hall–Kier alpha value is -3.80. The Morgan fingerprint density at radius 2 is 0.955 bits per heavy atom. The number of morpholine rings is 1. The standard InChI is InChI=1S/C10H15N.C10H20O.2C9H14N2.C9H19NO.C8H13N3/c2*1-3-9(4-2)10-5-7-11-8-6-10;1-3-8(4-2)9-5-6-10-7-11-9;1-3-8(4-2)9-5-6-10-11-7-9;1-3-9(4-2)10-5-7-11-8-6-10;1-3-7(4-2)8-10-5-9-6-11-8/h5-9H,3-4H2,1-2H3;9-10H,3-8H2,1-2H3;2*5-8H,3-4H2,1-2H3;9H,3-8H2,1-2H3;5-7H,3-4H2,1-2H3. The summed E-state index contributed by atoms with van der Waals surface area (Å²) >= 11 is 0. The van der Waals surface area contributed by atoms with Crippen LogP contribution in [0.2, 0.25) is 0 Å². The molecule has 0 radical (unpaired) electrons. The van der Waals surface area contributed by atoms with Gasteiger partial charge in [0.15, 0.2) is 0 Å². The molecule has 0 amide bonds. The van der Waals surface area contributed by atoms with E-state index >= 15 is 0 Å². The Kier molecular flexibility index (Phi) is 36.8. The summed E-state index contributed by atoms with van der Waals surface area (Å²) in [6.07, 6.45) is 31.1. The van der Waals surface area contributed by atoms with E-state index in [0.717, 1.165) is 94.8 Å². The minimum Gasteiger partial charge on any atom is -0.381 e. The van der Waals surface area contributed by atoms with Crippen LogP contribution in [0.25, 0.3) is 0 Å². The van der Waals surface area contributed by atoms with Crippen molar-refractivity contribution in [2.75, 3.05) is 39.5 Å². The fourth-order valence-corrected chi connectivity index (χ4v) is 8.95. The van der Waals surface area contributed by atoms with Gasteiger partial charge in [0.2, 0.25) is 0 Å². The van der Waals surface area contributed by atoms with Crippen molar-refractivity contribution in [2.24, 2.45) is 11.8 Å². The molecule has 2 aliphatic heterocycles. The summed E-state index contributed by atoms with van der Waals surface area (Å²) in [6, 6.07) is 9.05. The molecule has 0 bridgehead atoms. The molecule has 0 N–H and O–H groups in total. The first-order valence-electron chi connectivity index (χ1n) is 26.2. The maximum Gasteiger partial charge on any atom is 0.134 e. The zero-order valence-corrected chi connectivity index (χ0v) is 44.0. The van der Waals surface area contributed by atoms with Crippen molar-refractivity contribution in [1.29, 1.82) is 0 Å². The second-order valence-corrected chi connectivity index (χ2v) is 17.3. The Morgan fingerprint density at radius 1 is 0.470 bits per heavy atom. The van der Waals surface area contributed by atoms with Gasteiger partial charge in [-0.05, 0) is 136 Å². The highest BCUT2D eigenvalue weighted by molar-refractivity contribution is 5.15. The molecule has 11 nitrogen and oxygen atoms in total. The van der Waals surface area contributed by atoms with Crippen molar-refractivity contribution in [3.8, 4) is 0 Å². The monoisotopic (exact) mass is 914 g/mol. The van der Waals surface area contributed by atoms with Gasteiger partial charge in [0.1, 0.15) is 24.8 Å². The lowest BCUT2D eigenvalue weighted by Crippen LogP contribution is -2.42. The SMILES string of the molecule is CCC(CC)C1CCOCC1.CCC(CC)N1CCOCC1.CCC(CC)c1ccncc1.CCC(CC)c1ccncn1.CCC(CC)c1ccnnc1.CCC(CC)c1ncncn1. The quantitative estimate of drug-likeness (QED) is 0.0947. The van der Waals surface area contributed by atoms with Gasteiger partial charge in [-0.1, -0.05) is 95.9 Å². The summed E-state index contributed by atoms with van der Waals surface area (Å²) in [6.45, 7) is 32.8. The van der Waals surface area contributed by atoms with Gasteiger partial charge in [-0.3, -0.25) is 9.88 Å². The van der Waals surface area contributed by atoms with Crippen LogP contribution in [0.4, 0.5) is 0 Å². The Bertz CT molecular complexity index is 1360. The molecule has 6 rings (SSSR count). The molecule has 0 aliphatic carbocycles. The van der Waals surface area contributed by atoms with Gasteiger partial charge in [-0.25, -0.2) is 24.9 Å². The third-order valence-corrected chi connectivity index (χ3v) is 13.6. The molecular weight excluding hydrogens is 819 g/mol. The van der Waals surface area contributed by atoms with Crippen LogP contribution in [-0.2, 0) is 9.47 Å². The third kappa shape index (κ3) is 24.8. The maximum atomic E-state index is 5.34. The zero-order valence-electron chi connectivity index (χ0n) is 44.0. The minimum absolute atomic E-state index is 0.498. The van der Waals surface area contributed by atoms with Crippen molar-refractivity contribution in [1.82, 2.24) is 45.0 Å². The lowest BCUT2D eigenvalue weighted by molar-refractivity contribution is 0.0150. The van der Waals surface area contributed by atoms with Gasteiger partial charge in [-0.2, -0.15) is 10.2 Å². The second kappa shape index (κ2) is 40.3. The van der Waals surface area contributed by atoms with E-state index in [0.29, 0.717) is 17.8 Å². The highest BCUT2D eigenvalue weighted by Crippen LogP contribution is 2.28. The number of rotatable bonds is 18. The van der Waals surface area contributed by atoms with Crippen molar-refractivity contribution < 1.29 is 9.47 Å². The molecule has 0 saturated carbocycles. The van der Waals surface area contributed by atoms with E-state index in [4.69, 9.17) is 9.47 Å². The largest absolute Gasteiger partial charge is 0.381 e. The van der Waals surface area contributed by atoms with Crippen LogP contribution in [0.5, 0.6) is 0 Å². The topological polar surface area (TPSA) is 125 Å². The van der Waals surface area contributed by atoms with Gasteiger partial charge in [-0.15, -0.1) is 0 Å². The van der Waals surface area contributed by atoms with Crippen molar-refractivity contribution >= 4 is 0 Å². The lowest BCUT2D eigenvalue weighted by atomic mass is 9.83. The van der Waals surface area contributed by atoms with E-state index in [1.165, 1.54) is 81.0 Å². The normalized spacial score (nSPS) is 14.0. The van der Waals surface area contributed by atoms with Gasteiger partial charge < -0.3 is 9.47 Å². The average Bonchev–Trinajstić information content (AvgIpc) is 3.39. The molecule has 0 spiro atoms. The van der Waals surface area contributed by atoms with E-state index in [1.807, 2.05) is 30.7 Å². The average molecular weight is 914 g/mol. The highest BCUT2D eigenvalue weighted by Gasteiger charge is 2.21. The minimum atomic E-state index is 0.498. The van der Waals surface area contributed by atoms with Crippen LogP contribution in [0.3, 0.4) is 0 Å². The Balaban J connectivity index is 0.000000396. The fourth-order valence-electron chi connectivity index (χ4n) is 8.95. The summed E-state index contributed by atoms with van der Waals surface area (Å²) in [7, 11) is 0. The van der Waals surface area contributed by atoms with E-state index in [2.05, 4.69) is 140 Å². The predicted octanol–water partition coefficient (Wildman–Crippen LogP) is 13.9. The molecular formula is C55H95N9O2. The van der Waals surface area contributed by atoms with Gasteiger partial charge in [0.25, 0.3) is 0 Å². The van der Waals surface area contributed by atoms with Crippen molar-refractivity contribution in [3.05, 3.63) is 96.9 Å². The number of hydrogen-bond acceptors (Lipinski definition) is 11. The van der Waals surface area contributed by atoms with Gasteiger partial charge in [0, 0.05) is 74.7 Å². The van der Waals surface area contributed by atoms with Crippen LogP contribution in [0.1, 0.15) is 219 Å². The van der Waals surface area contributed by atoms with Crippen LogP contribution >= 0.6 is 0 Å². The molecule has 4 aromatic rings. The van der Waals surface area contributed by atoms with E-state index in [9.17, 15) is 0 Å². The molecule has 4 aromatic heterocycles. The fraction of sp³-hybridized carbons (Fsp3) is 0.709. The maximum absolute atomic E-state index is 5.34. The summed E-state index contributed by atoms with van der Waals surface area (Å²) < 4.78 is 10.6. The van der Waals surface area contributed by atoms with Crippen LogP contribution in [0, 0.1) is 11.8 Å². The first-order valence-corrected chi connectivity index (χ1v) is 26.2. The second-order valence-electron chi connectivity index (χ2n) is 17.3. The van der Waals surface area contributed by atoms with E-state index in [1.54, 1.807) is 31.4 Å². The Morgan fingerprint density at radius 3 is 1.41 bits per heavy atom. The number of pyridine rings is 1. The molecule has 2 fully saturated rings. The Labute approximate surface area is 404 Å². The number of aromatic nitrogens is 8. The first-order chi connectivity index (χ1) is 32.3. The summed E-state index contributed by atoms with van der Waals surface area (Å²) in [5.41, 5.74) is 3.90. The zero-order chi connectivity index (χ0) is 48.6. The van der Waals surface area contributed by atoms with Gasteiger partial charge >= 0.3 is 0 Å². The molecule has 372 valence electrons. The summed E-state index contributed by atoms with van der Waals surface area (Å²) in [5.74, 6) is 5.32. The molecule has 0 aromatic carbocycles. The molecule has 2 saturated heterocycles. The number of ether oxygens (including phenoxy) is 2. The summed E-state index contributed by atoms with van der Waals surface area (Å²) in [4.78, 5) is 26.6. The van der Waals surface area contributed by atoms with Crippen LogP contribution in [0.15, 0.2) is 74.2 Å². The lowest BCUT2D eigenvalue weighted by Gasteiger charge is -2.33. The smallest absolute Gasteiger partial charge is 0.134 e. The van der Waals surface area contributed by atoms with Crippen LogP contribution in [-0.4, -0.2) is 90.6 Å².